The molecule has 1 aromatic heterocycles. The van der Waals surface area contributed by atoms with Crippen LogP contribution in [0.25, 0.3) is 11.0 Å². The second kappa shape index (κ2) is 13.4. The Labute approximate surface area is 226 Å². The zero-order valence-corrected chi connectivity index (χ0v) is 23.6. The number of imidazole rings is 1. The van der Waals surface area contributed by atoms with Gasteiger partial charge in [0, 0.05) is 0 Å². The molecule has 8 heteroatoms. The summed E-state index contributed by atoms with van der Waals surface area (Å²) in [6, 6.07) is 10.9. The van der Waals surface area contributed by atoms with Crippen LogP contribution in [0.4, 0.5) is 0 Å². The van der Waals surface area contributed by atoms with E-state index in [1.165, 1.54) is 5.57 Å². The van der Waals surface area contributed by atoms with E-state index >= 15 is 0 Å². The number of H-pyrrole nitrogens is 1. The normalized spacial score (nSPS) is 12.1. The van der Waals surface area contributed by atoms with Gasteiger partial charge in [0.1, 0.15) is 16.5 Å². The Balaban J connectivity index is 1.84. The van der Waals surface area contributed by atoms with Crippen LogP contribution in [0, 0.1) is 0 Å². The summed E-state index contributed by atoms with van der Waals surface area (Å²) in [5.41, 5.74) is 4.92. The zero-order chi connectivity index (χ0) is 27.7. The van der Waals surface area contributed by atoms with E-state index in [1.54, 1.807) is 12.1 Å². The van der Waals surface area contributed by atoms with Gasteiger partial charge in [-0.25, -0.2) is 18.1 Å². The number of phenols is 1. The van der Waals surface area contributed by atoms with Gasteiger partial charge in [0.05, 0.1) is 17.5 Å². The van der Waals surface area contributed by atoms with Gasteiger partial charge < -0.3 is 10.1 Å². The summed E-state index contributed by atoms with van der Waals surface area (Å²) in [4.78, 5) is 20.0. The Morgan fingerprint density at radius 1 is 1.05 bits per heavy atom. The van der Waals surface area contributed by atoms with Crippen LogP contribution in [0.3, 0.4) is 0 Å². The number of phenolic OH excluding ortho intramolecular Hbond substituents is 1. The van der Waals surface area contributed by atoms with Crippen LogP contribution in [0.1, 0.15) is 76.8 Å². The number of para-hydroxylation sites is 2. The number of nitrogens with zero attached hydrogens (tertiary/aromatic N) is 1. The second-order valence-corrected chi connectivity index (χ2v) is 11.6. The Bertz CT molecular complexity index is 1400. The van der Waals surface area contributed by atoms with E-state index in [1.807, 2.05) is 37.3 Å². The van der Waals surface area contributed by atoms with E-state index in [9.17, 15) is 18.3 Å². The number of fused-ring (bicyclic) bond motifs is 1. The van der Waals surface area contributed by atoms with Crippen molar-refractivity contribution in [3.63, 3.8) is 0 Å². The first-order valence-corrected chi connectivity index (χ1v) is 14.7. The third-order valence-electron chi connectivity index (χ3n) is 6.39. The number of benzene rings is 2. The molecule has 0 aliphatic heterocycles. The molecular formula is C30H39N3O4S. The maximum absolute atomic E-state index is 13.4. The molecule has 0 atom stereocenters. The number of hydrogen-bond donors (Lipinski definition) is 3. The maximum atomic E-state index is 13.4. The lowest BCUT2D eigenvalue weighted by Gasteiger charge is -2.16. The maximum Gasteiger partial charge on any atom is 0.268 e. The minimum atomic E-state index is -4.31. The quantitative estimate of drug-likeness (QED) is 0.175. The lowest BCUT2D eigenvalue weighted by atomic mass is 10.0. The molecule has 2 aromatic carbocycles. The molecule has 3 aromatic rings. The molecular weight excluding hydrogens is 498 g/mol. The number of allylic oxidation sites excluding steroid dienone is 4. The molecule has 0 unspecified atom stereocenters. The minimum absolute atomic E-state index is 0.209. The molecule has 0 spiro atoms. The van der Waals surface area contributed by atoms with Crippen LogP contribution in [0.15, 0.2) is 64.6 Å². The fraction of sp³-hybridized carbons (Fsp3) is 0.400. The molecule has 1 amide bonds. The van der Waals surface area contributed by atoms with E-state index < -0.39 is 15.9 Å². The molecule has 0 saturated heterocycles. The zero-order valence-electron chi connectivity index (χ0n) is 22.8. The van der Waals surface area contributed by atoms with Gasteiger partial charge in [0.25, 0.3) is 10.0 Å². The summed E-state index contributed by atoms with van der Waals surface area (Å²) in [5, 5.41) is 11.1. The first-order valence-electron chi connectivity index (χ1n) is 13.2. The monoisotopic (exact) mass is 537 g/mol. The summed E-state index contributed by atoms with van der Waals surface area (Å²) >= 11 is 0. The Kier molecular flexibility index (Phi) is 10.3. The number of unbranched alkanes of at least 4 members (excludes halogenated alkanes) is 2. The van der Waals surface area contributed by atoms with Crippen LogP contribution in [0.5, 0.6) is 5.75 Å². The SMILES string of the molecule is CCCCCc1ccc(C/C=C(\C)CCC=C(C)C)c(O)c1S(=O)(=O)NC(=O)Cc1nc2ccccc2[nH]1. The van der Waals surface area contributed by atoms with Crippen molar-refractivity contribution in [3.8, 4) is 5.75 Å². The summed E-state index contributed by atoms with van der Waals surface area (Å²) in [7, 11) is -4.31. The van der Waals surface area contributed by atoms with Crippen molar-refractivity contribution in [2.75, 3.05) is 0 Å². The fourth-order valence-corrected chi connectivity index (χ4v) is 5.71. The minimum Gasteiger partial charge on any atom is -0.506 e. The Hall–Kier alpha value is -3.39. The highest BCUT2D eigenvalue weighted by molar-refractivity contribution is 7.90. The number of hydrogen-bond acceptors (Lipinski definition) is 5. The van der Waals surface area contributed by atoms with Gasteiger partial charge in [-0.05, 0) is 76.1 Å². The largest absolute Gasteiger partial charge is 0.506 e. The van der Waals surface area contributed by atoms with Gasteiger partial charge in [-0.2, -0.15) is 0 Å². The van der Waals surface area contributed by atoms with Crippen LogP contribution in [-0.2, 0) is 34.1 Å². The van der Waals surface area contributed by atoms with Crippen molar-refractivity contribution in [1.29, 1.82) is 0 Å². The molecule has 7 nitrogen and oxygen atoms in total. The van der Waals surface area contributed by atoms with Crippen LogP contribution in [0.2, 0.25) is 0 Å². The van der Waals surface area contributed by atoms with E-state index in [0.29, 0.717) is 35.3 Å². The molecule has 0 aliphatic carbocycles. The van der Waals surface area contributed by atoms with Gasteiger partial charge in [-0.1, -0.05) is 67.3 Å². The average Bonchev–Trinajstić information content (AvgIpc) is 3.25. The van der Waals surface area contributed by atoms with Crippen molar-refractivity contribution in [2.45, 2.75) is 84.0 Å². The molecule has 0 bridgehead atoms. The highest BCUT2D eigenvalue weighted by Crippen LogP contribution is 2.32. The van der Waals surface area contributed by atoms with Gasteiger partial charge >= 0.3 is 0 Å². The third kappa shape index (κ3) is 8.05. The number of carbonyl (C=O) groups is 1. The first kappa shape index (κ1) is 29.2. The predicted molar refractivity (Wildman–Crippen MR) is 153 cm³/mol. The molecule has 0 fully saturated rings. The molecule has 38 heavy (non-hydrogen) atoms. The molecule has 204 valence electrons. The highest BCUT2D eigenvalue weighted by Gasteiger charge is 2.27. The van der Waals surface area contributed by atoms with Crippen molar-refractivity contribution in [1.82, 2.24) is 14.7 Å². The molecule has 1 heterocycles. The van der Waals surface area contributed by atoms with E-state index in [-0.39, 0.29) is 17.1 Å². The van der Waals surface area contributed by atoms with Crippen molar-refractivity contribution in [2.24, 2.45) is 0 Å². The van der Waals surface area contributed by atoms with Crippen LogP contribution < -0.4 is 4.72 Å². The van der Waals surface area contributed by atoms with Gasteiger partial charge in [-0.15, -0.1) is 0 Å². The highest BCUT2D eigenvalue weighted by atomic mass is 32.2. The first-order chi connectivity index (χ1) is 18.1. The van der Waals surface area contributed by atoms with E-state index in [2.05, 4.69) is 41.5 Å². The van der Waals surface area contributed by atoms with Crippen LogP contribution in [-0.4, -0.2) is 29.4 Å². The van der Waals surface area contributed by atoms with Crippen molar-refractivity contribution < 1.29 is 18.3 Å². The van der Waals surface area contributed by atoms with Crippen molar-refractivity contribution >= 4 is 27.0 Å². The summed E-state index contributed by atoms with van der Waals surface area (Å²) < 4.78 is 29.0. The standard InChI is InChI=1S/C30H39N3O4S/c1-5-6-7-13-24-19-18-23(17-16-22(4)12-10-11-21(2)3)29(35)30(24)38(36,37)33-28(34)20-27-31-25-14-8-9-15-26(25)32-27/h8-9,11,14-16,18-19,35H,5-7,10,12-13,17,20H2,1-4H3,(H,31,32)(H,33,34)/b22-16+. The van der Waals surface area contributed by atoms with Gasteiger partial charge in [-0.3, -0.25) is 4.79 Å². The second-order valence-electron chi connectivity index (χ2n) is 10.00. The molecule has 0 saturated carbocycles. The number of amides is 1. The van der Waals surface area contributed by atoms with Crippen LogP contribution >= 0.6 is 0 Å². The van der Waals surface area contributed by atoms with Gasteiger partial charge in [0.2, 0.25) is 5.91 Å². The number of rotatable bonds is 13. The number of carbonyl (C=O) groups excluding carboxylic acids is 1. The fourth-order valence-electron chi connectivity index (χ4n) is 4.33. The van der Waals surface area contributed by atoms with E-state index in [0.717, 1.165) is 43.2 Å². The lowest BCUT2D eigenvalue weighted by molar-refractivity contribution is -0.118. The summed E-state index contributed by atoms with van der Waals surface area (Å²) in [6.07, 6.45) is 9.39. The Morgan fingerprint density at radius 2 is 1.79 bits per heavy atom. The number of sulfonamides is 1. The topological polar surface area (TPSA) is 112 Å². The predicted octanol–water partition coefficient (Wildman–Crippen LogP) is 6.28. The number of aromatic amines is 1. The molecule has 0 aliphatic rings. The summed E-state index contributed by atoms with van der Waals surface area (Å²) in [5.74, 6) is -0.645. The average molecular weight is 538 g/mol. The molecule has 3 rings (SSSR count). The smallest absolute Gasteiger partial charge is 0.268 e. The number of aromatic nitrogens is 2. The number of nitrogens with one attached hydrogen (secondary N) is 2. The Morgan fingerprint density at radius 3 is 2.50 bits per heavy atom. The molecule has 3 N–H and O–H groups in total. The van der Waals surface area contributed by atoms with Gasteiger partial charge in [0.15, 0.2) is 0 Å². The number of aryl methyl sites for hydroxylation is 1. The third-order valence-corrected chi connectivity index (χ3v) is 7.88. The van der Waals surface area contributed by atoms with E-state index in [4.69, 9.17) is 0 Å². The molecule has 0 radical (unpaired) electrons. The van der Waals surface area contributed by atoms with Crippen molar-refractivity contribution in [3.05, 3.63) is 76.6 Å². The summed E-state index contributed by atoms with van der Waals surface area (Å²) in [6.45, 7) is 8.24. The number of aromatic hydroxyl groups is 1. The lowest BCUT2D eigenvalue weighted by Crippen LogP contribution is -2.33.